The highest BCUT2D eigenvalue weighted by Gasteiger charge is 2.40. The molecule has 2 aromatic carbocycles. The number of benzene rings is 2. The number of fused-ring (bicyclic) bond motifs is 1. The molecule has 0 fully saturated rings. The summed E-state index contributed by atoms with van der Waals surface area (Å²) >= 11 is 0. The summed E-state index contributed by atoms with van der Waals surface area (Å²) in [7, 11) is -3.92. The summed E-state index contributed by atoms with van der Waals surface area (Å²) in [6.45, 7) is 7.70. The minimum atomic E-state index is -3.92. The van der Waals surface area contributed by atoms with Crippen LogP contribution in [0.5, 0.6) is 0 Å². The van der Waals surface area contributed by atoms with Crippen molar-refractivity contribution in [3.8, 4) is 0 Å². The Bertz CT molecular complexity index is 1210. The first-order valence-electron chi connectivity index (χ1n) is 11.9. The van der Waals surface area contributed by atoms with Crippen LogP contribution in [0.15, 0.2) is 53.4 Å². The molecule has 1 aliphatic heterocycles. The average Bonchev–Trinajstić information content (AvgIpc) is 2.99. The molecule has 0 saturated carbocycles. The van der Waals surface area contributed by atoms with Crippen LogP contribution in [0.3, 0.4) is 0 Å². The van der Waals surface area contributed by atoms with Gasteiger partial charge in [-0.2, -0.15) is 0 Å². The van der Waals surface area contributed by atoms with E-state index >= 15 is 0 Å². The first-order valence-corrected chi connectivity index (χ1v) is 13.3. The molecule has 0 aromatic heterocycles. The maximum absolute atomic E-state index is 13.4. The molecule has 8 nitrogen and oxygen atoms in total. The fourth-order valence-electron chi connectivity index (χ4n) is 4.28. The minimum absolute atomic E-state index is 0.00574. The normalized spacial score (nSPS) is 15.1. The molecule has 1 N–H and O–H groups in total. The predicted molar refractivity (Wildman–Crippen MR) is 133 cm³/mol. The number of carbonyl (C=O) groups excluding carboxylic acids is 3. The number of sulfonamides is 1. The van der Waals surface area contributed by atoms with Crippen LogP contribution in [0.2, 0.25) is 0 Å². The molecule has 0 aliphatic carbocycles. The van der Waals surface area contributed by atoms with E-state index < -0.39 is 22.0 Å². The van der Waals surface area contributed by atoms with Crippen LogP contribution < -0.4 is 5.32 Å². The summed E-state index contributed by atoms with van der Waals surface area (Å²) in [4.78, 5) is 40.4. The summed E-state index contributed by atoms with van der Waals surface area (Å²) in [5.74, 6) is -1.07. The topological polar surface area (TPSA) is 104 Å². The molecule has 3 amide bonds. The molecular weight excluding hydrogens is 466 g/mol. The van der Waals surface area contributed by atoms with Crippen LogP contribution in [0, 0.1) is 6.92 Å². The average molecular weight is 500 g/mol. The molecule has 35 heavy (non-hydrogen) atoms. The van der Waals surface area contributed by atoms with Crippen LogP contribution in [-0.4, -0.2) is 54.0 Å². The second-order valence-corrected chi connectivity index (χ2v) is 10.9. The fourth-order valence-corrected chi connectivity index (χ4v) is 5.88. The van der Waals surface area contributed by atoms with Crippen molar-refractivity contribution in [1.29, 1.82) is 0 Å². The van der Waals surface area contributed by atoms with Gasteiger partial charge in [-0.3, -0.25) is 14.4 Å². The van der Waals surface area contributed by atoms with Gasteiger partial charge in [0, 0.05) is 25.6 Å². The monoisotopic (exact) mass is 499 g/mol. The quantitative estimate of drug-likeness (QED) is 0.540. The maximum Gasteiger partial charge on any atom is 0.269 e. The van der Waals surface area contributed by atoms with Crippen molar-refractivity contribution >= 4 is 27.7 Å². The van der Waals surface area contributed by atoms with Crippen molar-refractivity contribution < 1.29 is 22.8 Å². The molecule has 1 aliphatic rings. The number of hydrogen-bond donors (Lipinski definition) is 1. The van der Waals surface area contributed by atoms with Gasteiger partial charge in [-0.15, -0.1) is 0 Å². The Labute approximate surface area is 207 Å². The molecule has 0 saturated heterocycles. The first-order chi connectivity index (χ1) is 16.6. The second-order valence-electron chi connectivity index (χ2n) is 9.08. The molecule has 188 valence electrons. The van der Waals surface area contributed by atoms with Gasteiger partial charge in [-0.25, -0.2) is 12.7 Å². The summed E-state index contributed by atoms with van der Waals surface area (Å²) in [6, 6.07) is 13.1. The number of aryl methyl sites for hydroxylation is 1. The van der Waals surface area contributed by atoms with E-state index in [4.69, 9.17) is 0 Å². The standard InChI is InChI=1S/C26H33N3O5S/c1-5-22(25(31)27-18(2)3)28(17-20-11-8-10-19(4)16-20)24(30)14-9-15-29-26(32)21-12-6-7-13-23(21)35(29,33)34/h6-8,10-13,16,18,22H,5,9,14-15,17H2,1-4H3,(H,27,31)/t22-/m1/s1. The number of hydrogen-bond acceptors (Lipinski definition) is 5. The zero-order valence-electron chi connectivity index (χ0n) is 20.7. The van der Waals surface area contributed by atoms with E-state index in [1.54, 1.807) is 17.0 Å². The molecule has 0 unspecified atom stereocenters. The SMILES string of the molecule is CC[C@H](C(=O)NC(C)C)N(Cc1cccc(C)c1)C(=O)CCCN1C(=O)c2ccccc2S1(=O)=O. The third-order valence-electron chi connectivity index (χ3n) is 5.92. The van der Waals surface area contributed by atoms with E-state index in [1.807, 2.05) is 52.0 Å². The van der Waals surface area contributed by atoms with Crippen molar-refractivity contribution in [2.75, 3.05) is 6.54 Å². The van der Waals surface area contributed by atoms with E-state index in [0.29, 0.717) is 6.42 Å². The van der Waals surface area contributed by atoms with Gasteiger partial charge < -0.3 is 10.2 Å². The van der Waals surface area contributed by atoms with E-state index in [-0.39, 0.29) is 54.2 Å². The fraction of sp³-hybridized carbons (Fsp3) is 0.423. The second kappa shape index (κ2) is 11.0. The van der Waals surface area contributed by atoms with Crippen molar-refractivity contribution in [2.24, 2.45) is 0 Å². The molecule has 1 atom stereocenters. The van der Waals surface area contributed by atoms with Crippen molar-refractivity contribution in [1.82, 2.24) is 14.5 Å². The van der Waals surface area contributed by atoms with E-state index in [9.17, 15) is 22.8 Å². The number of amides is 3. The number of nitrogens with zero attached hydrogens (tertiary/aromatic N) is 2. The lowest BCUT2D eigenvalue weighted by Crippen LogP contribution is -2.50. The third kappa shape index (κ3) is 5.90. The Kier molecular flexibility index (Phi) is 8.32. The number of carbonyl (C=O) groups is 3. The third-order valence-corrected chi connectivity index (χ3v) is 7.76. The Morgan fingerprint density at radius 3 is 2.43 bits per heavy atom. The van der Waals surface area contributed by atoms with E-state index in [1.165, 1.54) is 12.1 Å². The molecule has 1 heterocycles. The number of rotatable bonds is 10. The van der Waals surface area contributed by atoms with Gasteiger partial charge in [0.25, 0.3) is 15.9 Å². The Morgan fingerprint density at radius 2 is 1.80 bits per heavy atom. The Hall–Kier alpha value is -3.20. The van der Waals surface area contributed by atoms with Crippen molar-refractivity contribution in [3.05, 3.63) is 65.2 Å². The zero-order chi connectivity index (χ0) is 25.8. The molecule has 2 aromatic rings. The van der Waals surface area contributed by atoms with Crippen LogP contribution in [0.25, 0.3) is 0 Å². The van der Waals surface area contributed by atoms with Gasteiger partial charge in [0.15, 0.2) is 0 Å². The Balaban J connectivity index is 1.75. The molecular formula is C26H33N3O5S. The van der Waals surface area contributed by atoms with Gasteiger partial charge in [0.2, 0.25) is 11.8 Å². The van der Waals surface area contributed by atoms with Gasteiger partial charge in [-0.05, 0) is 51.3 Å². The highest BCUT2D eigenvalue weighted by atomic mass is 32.2. The van der Waals surface area contributed by atoms with Crippen LogP contribution in [0.4, 0.5) is 0 Å². The lowest BCUT2D eigenvalue weighted by molar-refractivity contribution is -0.141. The summed E-state index contributed by atoms with van der Waals surface area (Å²) in [5, 5.41) is 2.89. The molecule has 0 bridgehead atoms. The Morgan fingerprint density at radius 1 is 1.09 bits per heavy atom. The van der Waals surface area contributed by atoms with Crippen molar-refractivity contribution in [3.63, 3.8) is 0 Å². The molecule has 3 rings (SSSR count). The highest BCUT2D eigenvalue weighted by molar-refractivity contribution is 7.90. The summed E-state index contributed by atoms with van der Waals surface area (Å²) in [5.41, 5.74) is 2.10. The number of nitrogens with one attached hydrogen (secondary N) is 1. The summed E-state index contributed by atoms with van der Waals surface area (Å²) < 4.78 is 26.4. The smallest absolute Gasteiger partial charge is 0.269 e. The lowest BCUT2D eigenvalue weighted by atomic mass is 10.1. The van der Waals surface area contributed by atoms with Crippen LogP contribution >= 0.6 is 0 Å². The first kappa shape index (κ1) is 26.4. The van der Waals surface area contributed by atoms with Crippen LogP contribution in [-0.2, 0) is 26.2 Å². The van der Waals surface area contributed by atoms with Gasteiger partial charge >= 0.3 is 0 Å². The van der Waals surface area contributed by atoms with Crippen molar-refractivity contribution in [2.45, 2.75) is 70.5 Å². The molecule has 0 spiro atoms. The van der Waals surface area contributed by atoms with E-state index in [0.717, 1.165) is 15.4 Å². The lowest BCUT2D eigenvalue weighted by Gasteiger charge is -2.31. The van der Waals surface area contributed by atoms with Gasteiger partial charge in [0.1, 0.15) is 10.9 Å². The minimum Gasteiger partial charge on any atom is -0.352 e. The zero-order valence-corrected chi connectivity index (χ0v) is 21.5. The van der Waals surface area contributed by atoms with E-state index in [2.05, 4.69) is 5.32 Å². The highest BCUT2D eigenvalue weighted by Crippen LogP contribution is 2.30. The molecule has 9 heteroatoms. The largest absolute Gasteiger partial charge is 0.352 e. The van der Waals surface area contributed by atoms with Gasteiger partial charge in [0.05, 0.1) is 5.56 Å². The maximum atomic E-state index is 13.4. The summed E-state index contributed by atoms with van der Waals surface area (Å²) in [6.07, 6.45) is 0.599. The molecule has 0 radical (unpaired) electrons. The van der Waals surface area contributed by atoms with Crippen LogP contribution in [0.1, 0.15) is 61.5 Å². The van der Waals surface area contributed by atoms with Gasteiger partial charge in [-0.1, -0.05) is 48.9 Å². The predicted octanol–water partition coefficient (Wildman–Crippen LogP) is 3.25.